The minimum atomic E-state index is -0.0656. The molecule has 3 rings (SSSR count). The second kappa shape index (κ2) is 12.0. The monoisotopic (exact) mass is 425 g/mol. The summed E-state index contributed by atoms with van der Waals surface area (Å²) in [5.74, 6) is 1.30. The second-order valence-corrected chi connectivity index (χ2v) is 7.62. The minimum absolute atomic E-state index is 0.0656. The molecule has 2 aromatic rings. The first kappa shape index (κ1) is 22.6. The smallest absolute Gasteiger partial charge is 0.245 e. The molecule has 1 aliphatic rings. The number of amides is 1. The van der Waals surface area contributed by atoms with Crippen LogP contribution in [0.4, 0.5) is 5.69 Å². The van der Waals surface area contributed by atoms with E-state index in [1.54, 1.807) is 13.3 Å². The summed E-state index contributed by atoms with van der Waals surface area (Å²) in [4.78, 5) is 16.0. The van der Waals surface area contributed by atoms with Gasteiger partial charge >= 0.3 is 0 Å². The van der Waals surface area contributed by atoms with Crippen molar-refractivity contribution in [2.45, 2.75) is 19.8 Å². The van der Waals surface area contributed by atoms with Crippen molar-refractivity contribution < 1.29 is 19.2 Å². The molecular weight excluding hydrogens is 392 g/mol. The number of nitrogens with zero attached hydrogens (tertiary/aromatic N) is 2. The Labute approximate surface area is 184 Å². The van der Waals surface area contributed by atoms with E-state index >= 15 is 0 Å². The number of hydrogen-bond donors (Lipinski definition) is 2. The number of nitrogens with one attached hydrogen (secondary N) is 2. The summed E-state index contributed by atoms with van der Waals surface area (Å²) in [7, 11) is 1.61. The van der Waals surface area contributed by atoms with Gasteiger partial charge in [0.05, 0.1) is 59.1 Å². The Kier molecular flexibility index (Phi) is 8.72. The number of para-hydroxylation sites is 1. The van der Waals surface area contributed by atoms with Crippen molar-refractivity contribution >= 4 is 17.8 Å². The van der Waals surface area contributed by atoms with Crippen molar-refractivity contribution in [1.82, 2.24) is 5.43 Å². The molecule has 2 N–H and O–H groups in total. The average Bonchev–Trinajstić information content (AvgIpc) is 2.82. The Hall–Kier alpha value is -3.06. The fourth-order valence-corrected chi connectivity index (χ4v) is 3.59. The predicted octanol–water partition coefficient (Wildman–Crippen LogP) is 1.73. The molecule has 1 amide bonds. The number of quaternary nitrogens is 1. The molecule has 0 bridgehead atoms. The van der Waals surface area contributed by atoms with Gasteiger partial charge in [0.25, 0.3) is 0 Å². The Morgan fingerprint density at radius 2 is 1.94 bits per heavy atom. The van der Waals surface area contributed by atoms with E-state index in [0.717, 1.165) is 44.7 Å². The lowest BCUT2D eigenvalue weighted by molar-refractivity contribution is -0.900. The SMILES string of the molecule is CCCOc1ccc(/C=N\NC(=O)CC[NH+]2CCN(c3ccccc3)CC2)cc1OC. The van der Waals surface area contributed by atoms with Gasteiger partial charge in [-0.2, -0.15) is 5.10 Å². The zero-order valence-electron chi connectivity index (χ0n) is 18.5. The zero-order valence-corrected chi connectivity index (χ0v) is 18.5. The van der Waals surface area contributed by atoms with Crippen LogP contribution >= 0.6 is 0 Å². The Morgan fingerprint density at radius 1 is 1.16 bits per heavy atom. The summed E-state index contributed by atoms with van der Waals surface area (Å²) in [6.45, 7) is 7.62. The van der Waals surface area contributed by atoms with Gasteiger partial charge in [0.15, 0.2) is 11.5 Å². The van der Waals surface area contributed by atoms with Gasteiger partial charge in [0, 0.05) is 5.69 Å². The Morgan fingerprint density at radius 3 is 2.65 bits per heavy atom. The van der Waals surface area contributed by atoms with Crippen LogP contribution in [0.1, 0.15) is 25.3 Å². The normalized spacial score (nSPS) is 14.6. The van der Waals surface area contributed by atoms with Gasteiger partial charge in [-0.25, -0.2) is 5.43 Å². The molecule has 7 nitrogen and oxygen atoms in total. The molecule has 166 valence electrons. The van der Waals surface area contributed by atoms with Crippen LogP contribution in [0, 0.1) is 0 Å². The van der Waals surface area contributed by atoms with Gasteiger partial charge < -0.3 is 19.3 Å². The molecule has 1 saturated heterocycles. The van der Waals surface area contributed by atoms with Crippen LogP contribution in [0.25, 0.3) is 0 Å². The maximum atomic E-state index is 12.2. The van der Waals surface area contributed by atoms with E-state index in [1.165, 1.54) is 10.6 Å². The highest BCUT2D eigenvalue weighted by atomic mass is 16.5. The van der Waals surface area contributed by atoms with Crippen molar-refractivity contribution in [2.24, 2.45) is 5.10 Å². The molecule has 1 aliphatic heterocycles. The van der Waals surface area contributed by atoms with Crippen molar-refractivity contribution in [3.63, 3.8) is 0 Å². The third-order valence-corrected chi connectivity index (χ3v) is 5.35. The van der Waals surface area contributed by atoms with Crippen LogP contribution in [0.3, 0.4) is 0 Å². The highest BCUT2D eigenvalue weighted by Crippen LogP contribution is 2.27. The highest BCUT2D eigenvalue weighted by molar-refractivity contribution is 5.83. The van der Waals surface area contributed by atoms with Gasteiger partial charge in [-0.05, 0) is 42.3 Å². The van der Waals surface area contributed by atoms with Crippen LogP contribution in [-0.4, -0.2) is 58.6 Å². The van der Waals surface area contributed by atoms with Crippen molar-refractivity contribution in [1.29, 1.82) is 0 Å². The van der Waals surface area contributed by atoms with Gasteiger partial charge in [-0.1, -0.05) is 25.1 Å². The quantitative estimate of drug-likeness (QED) is 0.449. The van der Waals surface area contributed by atoms with Crippen molar-refractivity contribution in [3.8, 4) is 11.5 Å². The van der Waals surface area contributed by atoms with Gasteiger partial charge in [0.2, 0.25) is 5.91 Å². The topological polar surface area (TPSA) is 67.6 Å². The van der Waals surface area contributed by atoms with E-state index in [2.05, 4.69) is 46.6 Å². The van der Waals surface area contributed by atoms with E-state index in [-0.39, 0.29) is 5.91 Å². The van der Waals surface area contributed by atoms with Crippen molar-refractivity contribution in [3.05, 3.63) is 54.1 Å². The molecule has 0 atom stereocenters. The summed E-state index contributed by atoms with van der Waals surface area (Å²) >= 11 is 0. The van der Waals surface area contributed by atoms with Crippen molar-refractivity contribution in [2.75, 3.05) is 51.3 Å². The molecule has 0 saturated carbocycles. The van der Waals surface area contributed by atoms with E-state index in [4.69, 9.17) is 9.47 Å². The van der Waals surface area contributed by atoms with Crippen LogP contribution in [0.5, 0.6) is 11.5 Å². The maximum Gasteiger partial charge on any atom is 0.245 e. The first-order chi connectivity index (χ1) is 15.2. The number of hydrazone groups is 1. The third-order valence-electron chi connectivity index (χ3n) is 5.35. The second-order valence-electron chi connectivity index (χ2n) is 7.62. The minimum Gasteiger partial charge on any atom is -0.493 e. The molecule has 0 unspecified atom stereocenters. The first-order valence-corrected chi connectivity index (χ1v) is 11.0. The standard InChI is InChI=1S/C24H32N4O3/c1-3-17-31-22-10-9-20(18-23(22)30-2)19-25-26-24(29)11-12-27-13-15-28(16-14-27)21-7-5-4-6-8-21/h4-10,18-19H,3,11-17H2,1-2H3,(H,26,29)/p+1/b25-19-. The van der Waals surface area contributed by atoms with Gasteiger partial charge in [0.1, 0.15) is 0 Å². The molecule has 0 radical (unpaired) electrons. The Bertz CT molecular complexity index is 849. The maximum absolute atomic E-state index is 12.2. The Balaban J connectivity index is 1.39. The lowest BCUT2D eigenvalue weighted by Crippen LogP contribution is -3.15. The summed E-state index contributed by atoms with van der Waals surface area (Å²) in [5, 5.41) is 4.09. The van der Waals surface area contributed by atoms with Gasteiger partial charge in [-0.3, -0.25) is 4.79 Å². The first-order valence-electron chi connectivity index (χ1n) is 11.0. The lowest BCUT2D eigenvalue weighted by Gasteiger charge is -2.33. The number of carbonyl (C=O) groups excluding carboxylic acids is 1. The molecule has 1 fully saturated rings. The van der Waals surface area contributed by atoms with E-state index < -0.39 is 0 Å². The molecule has 0 aromatic heterocycles. The number of benzene rings is 2. The van der Waals surface area contributed by atoms with E-state index in [0.29, 0.717) is 24.5 Å². The zero-order chi connectivity index (χ0) is 21.9. The van der Waals surface area contributed by atoms with Crippen LogP contribution in [0.15, 0.2) is 53.6 Å². The third kappa shape index (κ3) is 7.00. The molecule has 7 heteroatoms. The van der Waals surface area contributed by atoms with Gasteiger partial charge in [-0.15, -0.1) is 0 Å². The number of carbonyl (C=O) groups is 1. The number of ether oxygens (including phenoxy) is 2. The summed E-state index contributed by atoms with van der Waals surface area (Å²) in [6, 6.07) is 16.1. The highest BCUT2D eigenvalue weighted by Gasteiger charge is 2.20. The summed E-state index contributed by atoms with van der Waals surface area (Å²) < 4.78 is 11.0. The average molecular weight is 426 g/mol. The van der Waals surface area contributed by atoms with Crippen LogP contribution in [0.2, 0.25) is 0 Å². The predicted molar refractivity (Wildman–Crippen MR) is 123 cm³/mol. The molecular formula is C24H33N4O3+. The summed E-state index contributed by atoms with van der Waals surface area (Å²) in [6.07, 6.45) is 3.02. The van der Waals surface area contributed by atoms with Crippen LogP contribution in [-0.2, 0) is 4.79 Å². The van der Waals surface area contributed by atoms with Crippen LogP contribution < -0.4 is 24.7 Å². The number of anilines is 1. The van der Waals surface area contributed by atoms with E-state index in [9.17, 15) is 4.79 Å². The number of hydrogen-bond acceptors (Lipinski definition) is 5. The fraction of sp³-hybridized carbons (Fsp3) is 0.417. The number of rotatable bonds is 10. The molecule has 0 aliphatic carbocycles. The molecule has 2 aromatic carbocycles. The molecule has 0 spiro atoms. The largest absolute Gasteiger partial charge is 0.493 e. The molecule has 31 heavy (non-hydrogen) atoms. The fourth-order valence-electron chi connectivity index (χ4n) is 3.59. The van der Waals surface area contributed by atoms with E-state index in [1.807, 2.05) is 24.3 Å². The lowest BCUT2D eigenvalue weighted by atomic mass is 10.2. The molecule has 1 heterocycles. The number of piperazine rings is 1. The summed E-state index contributed by atoms with van der Waals surface area (Å²) in [5.41, 5.74) is 4.74. The number of methoxy groups -OCH3 is 1.